The Hall–Kier alpha value is -4.03. The second-order valence-electron chi connectivity index (χ2n) is 7.88. The quantitative estimate of drug-likeness (QED) is 0.250. The van der Waals surface area contributed by atoms with Gasteiger partial charge in [0.05, 0.1) is 16.8 Å². The van der Waals surface area contributed by atoms with Crippen LogP contribution < -0.4 is 16.8 Å². The summed E-state index contributed by atoms with van der Waals surface area (Å²) < 4.78 is 0. The molecule has 3 aromatic carbocycles. The zero-order valence-electron chi connectivity index (χ0n) is 18.3. The summed E-state index contributed by atoms with van der Waals surface area (Å²) in [5, 5.41) is 4.11. The lowest BCUT2D eigenvalue weighted by molar-refractivity contribution is 0.0977. The van der Waals surface area contributed by atoms with Crippen LogP contribution in [0.15, 0.2) is 79.0 Å². The largest absolute Gasteiger partial charge is 0.365 e. The van der Waals surface area contributed by atoms with Gasteiger partial charge < -0.3 is 16.8 Å². The highest BCUT2D eigenvalue weighted by molar-refractivity contribution is 6.08. The Balaban J connectivity index is 1.65. The summed E-state index contributed by atoms with van der Waals surface area (Å²) in [5.74, 6) is -0.413. The predicted molar refractivity (Wildman–Crippen MR) is 133 cm³/mol. The molecular weight excluding hydrogens is 412 g/mol. The van der Waals surface area contributed by atoms with Crippen LogP contribution in [-0.4, -0.2) is 23.2 Å². The molecule has 1 amide bonds. The van der Waals surface area contributed by atoms with Gasteiger partial charge in [-0.25, -0.2) is 0 Å². The number of nitrogens with two attached hydrogens (primary N) is 2. The van der Waals surface area contributed by atoms with E-state index in [4.69, 9.17) is 11.5 Å². The van der Waals surface area contributed by atoms with Gasteiger partial charge in [0.1, 0.15) is 0 Å². The molecule has 166 valence electrons. The zero-order chi connectivity index (χ0) is 23.2. The van der Waals surface area contributed by atoms with E-state index in [2.05, 4.69) is 10.3 Å². The van der Waals surface area contributed by atoms with Crippen molar-refractivity contribution in [2.75, 3.05) is 11.9 Å². The number of pyridine rings is 1. The minimum atomic E-state index is -0.543. The SMILES string of the molecule is NCCCCC(=O)c1ccc(-c2ccc3c(Nc4ccccc4)c(C(N)=O)cnc3c2)cc1. The number of amides is 1. The monoisotopic (exact) mass is 438 g/mol. The van der Waals surface area contributed by atoms with Crippen molar-refractivity contribution in [2.45, 2.75) is 19.3 Å². The van der Waals surface area contributed by atoms with E-state index in [0.29, 0.717) is 29.8 Å². The van der Waals surface area contributed by atoms with Crippen LogP contribution in [-0.2, 0) is 0 Å². The van der Waals surface area contributed by atoms with Crippen LogP contribution in [0, 0.1) is 0 Å². The number of primary amides is 1. The molecule has 5 N–H and O–H groups in total. The molecule has 0 aliphatic carbocycles. The third-order valence-corrected chi connectivity index (χ3v) is 5.58. The molecule has 4 aromatic rings. The molecule has 0 saturated carbocycles. The number of para-hydroxylation sites is 1. The van der Waals surface area contributed by atoms with Gasteiger partial charge in [0.25, 0.3) is 5.91 Å². The second kappa shape index (κ2) is 10.1. The molecule has 0 aliphatic heterocycles. The molecule has 1 heterocycles. The van der Waals surface area contributed by atoms with Crippen molar-refractivity contribution in [2.24, 2.45) is 11.5 Å². The van der Waals surface area contributed by atoms with Crippen molar-refractivity contribution in [3.8, 4) is 11.1 Å². The fraction of sp³-hybridized carbons (Fsp3) is 0.148. The van der Waals surface area contributed by atoms with E-state index in [1.54, 1.807) is 0 Å². The van der Waals surface area contributed by atoms with E-state index in [-0.39, 0.29) is 5.78 Å². The number of benzene rings is 3. The molecule has 0 unspecified atom stereocenters. The van der Waals surface area contributed by atoms with Crippen LogP contribution in [0.5, 0.6) is 0 Å². The first-order valence-electron chi connectivity index (χ1n) is 10.9. The molecule has 1 aromatic heterocycles. The Labute approximate surface area is 192 Å². The van der Waals surface area contributed by atoms with Gasteiger partial charge in [-0.3, -0.25) is 14.6 Å². The minimum absolute atomic E-state index is 0.130. The number of ketones is 1. The normalized spacial score (nSPS) is 10.8. The van der Waals surface area contributed by atoms with Crippen molar-refractivity contribution in [3.05, 3.63) is 90.1 Å². The van der Waals surface area contributed by atoms with Crippen LogP contribution in [0.4, 0.5) is 11.4 Å². The van der Waals surface area contributed by atoms with E-state index >= 15 is 0 Å². The van der Waals surface area contributed by atoms with Gasteiger partial charge in [-0.05, 0) is 48.7 Å². The van der Waals surface area contributed by atoms with Gasteiger partial charge in [0.15, 0.2) is 5.78 Å². The maximum Gasteiger partial charge on any atom is 0.252 e. The number of nitrogens with one attached hydrogen (secondary N) is 1. The molecule has 6 heteroatoms. The minimum Gasteiger partial charge on any atom is -0.365 e. The lowest BCUT2D eigenvalue weighted by Crippen LogP contribution is -2.14. The van der Waals surface area contributed by atoms with E-state index in [1.165, 1.54) is 6.20 Å². The van der Waals surface area contributed by atoms with Crippen LogP contribution >= 0.6 is 0 Å². The van der Waals surface area contributed by atoms with E-state index < -0.39 is 5.91 Å². The molecule has 0 radical (unpaired) electrons. The van der Waals surface area contributed by atoms with Crippen molar-refractivity contribution in [1.82, 2.24) is 4.98 Å². The Morgan fingerprint density at radius 3 is 2.30 bits per heavy atom. The maximum absolute atomic E-state index is 12.3. The number of Topliss-reactive ketones (excluding diaryl/α,β-unsaturated/α-hetero) is 1. The molecular formula is C27H26N4O2. The molecule has 4 rings (SSSR count). The van der Waals surface area contributed by atoms with Gasteiger partial charge in [0, 0.05) is 29.3 Å². The Bertz CT molecular complexity index is 1290. The number of fused-ring (bicyclic) bond motifs is 1. The Kier molecular flexibility index (Phi) is 6.76. The number of hydrogen-bond acceptors (Lipinski definition) is 5. The number of hydrogen-bond donors (Lipinski definition) is 3. The number of unbranched alkanes of at least 4 members (excludes halogenated alkanes) is 1. The number of aromatic nitrogens is 1. The van der Waals surface area contributed by atoms with Gasteiger partial charge in [-0.1, -0.05) is 54.6 Å². The van der Waals surface area contributed by atoms with Crippen LogP contribution in [0.1, 0.15) is 40.0 Å². The molecule has 0 fully saturated rings. The molecule has 0 aliphatic rings. The highest BCUT2D eigenvalue weighted by Crippen LogP contribution is 2.32. The lowest BCUT2D eigenvalue weighted by atomic mass is 9.98. The van der Waals surface area contributed by atoms with E-state index in [9.17, 15) is 9.59 Å². The van der Waals surface area contributed by atoms with E-state index in [0.717, 1.165) is 40.6 Å². The summed E-state index contributed by atoms with van der Waals surface area (Å²) in [6.45, 7) is 0.603. The summed E-state index contributed by atoms with van der Waals surface area (Å²) >= 11 is 0. The number of nitrogens with zero attached hydrogens (tertiary/aromatic N) is 1. The average Bonchev–Trinajstić information content (AvgIpc) is 2.84. The van der Waals surface area contributed by atoms with Gasteiger partial charge in [0.2, 0.25) is 0 Å². The van der Waals surface area contributed by atoms with Crippen molar-refractivity contribution in [3.63, 3.8) is 0 Å². The van der Waals surface area contributed by atoms with Crippen LogP contribution in [0.25, 0.3) is 22.0 Å². The Morgan fingerprint density at radius 1 is 0.879 bits per heavy atom. The van der Waals surface area contributed by atoms with Gasteiger partial charge >= 0.3 is 0 Å². The highest BCUT2D eigenvalue weighted by Gasteiger charge is 2.14. The standard InChI is InChI=1S/C27H26N4O2/c28-15-5-4-8-25(32)19-11-9-18(10-12-19)20-13-14-22-24(16-20)30-17-23(27(29)33)26(22)31-21-6-2-1-3-7-21/h1-3,6-7,9-14,16-17H,4-5,8,15,28H2,(H2,29,33)(H,30,31). The second-order valence-corrected chi connectivity index (χ2v) is 7.88. The summed E-state index contributed by atoms with van der Waals surface area (Å²) in [5.41, 5.74) is 16.3. The maximum atomic E-state index is 12.3. The fourth-order valence-corrected chi connectivity index (χ4v) is 3.78. The lowest BCUT2D eigenvalue weighted by Gasteiger charge is -2.14. The number of carbonyl (C=O) groups excluding carboxylic acids is 2. The zero-order valence-corrected chi connectivity index (χ0v) is 18.3. The number of anilines is 2. The third kappa shape index (κ3) is 5.07. The first kappa shape index (κ1) is 22.2. The van der Waals surface area contributed by atoms with Crippen molar-refractivity contribution >= 4 is 34.0 Å². The topological polar surface area (TPSA) is 111 Å². The third-order valence-electron chi connectivity index (χ3n) is 5.58. The van der Waals surface area contributed by atoms with Crippen molar-refractivity contribution in [1.29, 1.82) is 0 Å². The summed E-state index contributed by atoms with van der Waals surface area (Å²) in [6, 6.07) is 23.1. The smallest absolute Gasteiger partial charge is 0.252 e. The van der Waals surface area contributed by atoms with Crippen LogP contribution in [0.2, 0.25) is 0 Å². The van der Waals surface area contributed by atoms with Crippen molar-refractivity contribution < 1.29 is 9.59 Å². The number of rotatable bonds is 9. The predicted octanol–water partition coefficient (Wildman–Crippen LogP) is 5.06. The summed E-state index contributed by atoms with van der Waals surface area (Å²) in [4.78, 5) is 28.8. The molecule has 0 spiro atoms. The summed E-state index contributed by atoms with van der Waals surface area (Å²) in [7, 11) is 0. The molecule has 0 saturated heterocycles. The van der Waals surface area contributed by atoms with Gasteiger partial charge in [-0.15, -0.1) is 0 Å². The fourth-order valence-electron chi connectivity index (χ4n) is 3.78. The average molecular weight is 439 g/mol. The van der Waals surface area contributed by atoms with Crippen LogP contribution in [0.3, 0.4) is 0 Å². The molecule has 33 heavy (non-hydrogen) atoms. The first-order valence-corrected chi connectivity index (χ1v) is 10.9. The van der Waals surface area contributed by atoms with E-state index in [1.807, 2.05) is 72.8 Å². The number of carbonyl (C=O) groups is 2. The Morgan fingerprint density at radius 2 is 1.61 bits per heavy atom. The molecule has 6 nitrogen and oxygen atoms in total. The molecule has 0 bridgehead atoms. The summed E-state index contributed by atoms with van der Waals surface area (Å²) in [6.07, 6.45) is 3.67. The van der Waals surface area contributed by atoms with Gasteiger partial charge in [-0.2, -0.15) is 0 Å². The highest BCUT2D eigenvalue weighted by atomic mass is 16.1. The molecule has 0 atom stereocenters. The first-order chi connectivity index (χ1) is 16.1.